The Morgan fingerprint density at radius 1 is 1.37 bits per heavy atom. The van der Waals surface area contributed by atoms with E-state index in [4.69, 9.17) is 4.74 Å². The second kappa shape index (κ2) is 6.82. The second-order valence-electron chi connectivity index (χ2n) is 4.74. The fourth-order valence-electron chi connectivity index (χ4n) is 2.20. The lowest BCUT2D eigenvalue weighted by atomic mass is 10.1. The molecule has 0 aromatic heterocycles. The van der Waals surface area contributed by atoms with Crippen molar-refractivity contribution in [2.24, 2.45) is 0 Å². The maximum atomic E-state index is 12.0. The van der Waals surface area contributed by atoms with E-state index in [-0.39, 0.29) is 11.9 Å². The van der Waals surface area contributed by atoms with Gasteiger partial charge >= 0.3 is 6.61 Å². The first-order chi connectivity index (χ1) is 9.15. The van der Waals surface area contributed by atoms with E-state index in [1.165, 1.54) is 0 Å². The molecule has 1 fully saturated rings. The fourth-order valence-corrected chi connectivity index (χ4v) is 2.20. The quantitative estimate of drug-likeness (QED) is 0.863. The standard InChI is InChI=1S/C14H19F2NO2/c1-10(13-3-2-8-18-13)17-9-11-4-6-12(7-5-11)19-14(15)16/h4-7,10,13-14,17H,2-3,8-9H2,1H3. The zero-order valence-corrected chi connectivity index (χ0v) is 10.9. The van der Waals surface area contributed by atoms with E-state index in [9.17, 15) is 8.78 Å². The van der Waals surface area contributed by atoms with Crippen molar-refractivity contribution in [3.63, 3.8) is 0 Å². The highest BCUT2D eigenvalue weighted by atomic mass is 19.3. The smallest absolute Gasteiger partial charge is 0.387 e. The second-order valence-corrected chi connectivity index (χ2v) is 4.74. The first kappa shape index (κ1) is 14.2. The van der Waals surface area contributed by atoms with Crippen LogP contribution in [0.5, 0.6) is 5.75 Å². The Labute approximate surface area is 111 Å². The number of benzene rings is 1. The van der Waals surface area contributed by atoms with Crippen LogP contribution in [-0.4, -0.2) is 25.4 Å². The Hall–Kier alpha value is -1.20. The maximum Gasteiger partial charge on any atom is 0.387 e. The lowest BCUT2D eigenvalue weighted by molar-refractivity contribution is -0.0498. The third-order valence-electron chi connectivity index (χ3n) is 3.30. The number of hydrogen-bond acceptors (Lipinski definition) is 3. The number of nitrogens with one attached hydrogen (secondary N) is 1. The normalized spacial score (nSPS) is 20.7. The molecule has 5 heteroatoms. The molecule has 0 amide bonds. The molecule has 1 aromatic rings. The van der Waals surface area contributed by atoms with Crippen molar-refractivity contribution in [1.82, 2.24) is 5.32 Å². The topological polar surface area (TPSA) is 30.5 Å². The summed E-state index contributed by atoms with van der Waals surface area (Å²) in [5.41, 5.74) is 1.03. The highest BCUT2D eigenvalue weighted by Gasteiger charge is 2.21. The molecule has 106 valence electrons. The van der Waals surface area contributed by atoms with Gasteiger partial charge in [-0.15, -0.1) is 0 Å². The Morgan fingerprint density at radius 3 is 2.68 bits per heavy atom. The van der Waals surface area contributed by atoms with Crippen molar-refractivity contribution in [1.29, 1.82) is 0 Å². The summed E-state index contributed by atoms with van der Waals surface area (Å²) in [7, 11) is 0. The number of hydrogen-bond donors (Lipinski definition) is 1. The summed E-state index contributed by atoms with van der Waals surface area (Å²) in [5, 5.41) is 3.39. The molecular weight excluding hydrogens is 252 g/mol. The fraction of sp³-hybridized carbons (Fsp3) is 0.571. The lowest BCUT2D eigenvalue weighted by Gasteiger charge is -2.20. The first-order valence-electron chi connectivity index (χ1n) is 6.54. The third kappa shape index (κ3) is 4.44. The molecule has 1 aliphatic heterocycles. The Kier molecular flexibility index (Phi) is 5.10. The molecule has 1 saturated heterocycles. The van der Waals surface area contributed by atoms with Gasteiger partial charge < -0.3 is 14.8 Å². The van der Waals surface area contributed by atoms with E-state index in [0.717, 1.165) is 25.0 Å². The zero-order chi connectivity index (χ0) is 13.7. The molecule has 19 heavy (non-hydrogen) atoms. The molecule has 0 saturated carbocycles. The summed E-state index contributed by atoms with van der Waals surface area (Å²) in [6.45, 7) is 0.861. The van der Waals surface area contributed by atoms with Gasteiger partial charge in [0.1, 0.15) is 5.75 Å². The predicted octanol–water partition coefficient (Wildman–Crippen LogP) is 2.95. The van der Waals surface area contributed by atoms with Crippen LogP contribution in [0.4, 0.5) is 8.78 Å². The lowest BCUT2D eigenvalue weighted by Crippen LogP contribution is -2.36. The summed E-state index contributed by atoms with van der Waals surface area (Å²) in [6, 6.07) is 6.97. The van der Waals surface area contributed by atoms with Gasteiger partial charge in [0.25, 0.3) is 0 Å². The third-order valence-corrected chi connectivity index (χ3v) is 3.30. The van der Waals surface area contributed by atoms with Gasteiger partial charge in [-0.25, -0.2) is 0 Å². The van der Waals surface area contributed by atoms with Crippen LogP contribution in [0.1, 0.15) is 25.3 Å². The van der Waals surface area contributed by atoms with Gasteiger partial charge in [-0.3, -0.25) is 0 Å². The Morgan fingerprint density at radius 2 is 2.11 bits per heavy atom. The van der Waals surface area contributed by atoms with Crippen LogP contribution in [-0.2, 0) is 11.3 Å². The summed E-state index contributed by atoms with van der Waals surface area (Å²) in [4.78, 5) is 0. The van der Waals surface area contributed by atoms with Crippen molar-refractivity contribution in [2.45, 2.75) is 45.1 Å². The summed E-state index contributed by atoms with van der Waals surface area (Å²) >= 11 is 0. The maximum absolute atomic E-state index is 12.0. The highest BCUT2D eigenvalue weighted by Crippen LogP contribution is 2.17. The molecule has 2 rings (SSSR count). The van der Waals surface area contributed by atoms with Crippen LogP contribution >= 0.6 is 0 Å². The van der Waals surface area contributed by atoms with E-state index in [1.54, 1.807) is 24.3 Å². The van der Waals surface area contributed by atoms with Gasteiger partial charge in [0.15, 0.2) is 0 Å². The molecule has 1 aromatic carbocycles. The minimum absolute atomic E-state index is 0.186. The van der Waals surface area contributed by atoms with Crippen LogP contribution in [0.2, 0.25) is 0 Å². The van der Waals surface area contributed by atoms with Crippen LogP contribution in [0, 0.1) is 0 Å². The molecule has 2 unspecified atom stereocenters. The monoisotopic (exact) mass is 271 g/mol. The van der Waals surface area contributed by atoms with E-state index >= 15 is 0 Å². The molecule has 1 aliphatic rings. The van der Waals surface area contributed by atoms with Gasteiger partial charge in [-0.1, -0.05) is 12.1 Å². The molecule has 3 nitrogen and oxygen atoms in total. The van der Waals surface area contributed by atoms with Gasteiger partial charge in [0.2, 0.25) is 0 Å². The molecule has 0 aliphatic carbocycles. The van der Waals surface area contributed by atoms with Gasteiger partial charge in [-0.05, 0) is 37.5 Å². The van der Waals surface area contributed by atoms with Crippen LogP contribution in [0.15, 0.2) is 24.3 Å². The minimum atomic E-state index is -2.77. The first-order valence-corrected chi connectivity index (χ1v) is 6.54. The van der Waals surface area contributed by atoms with E-state index in [1.807, 2.05) is 0 Å². The number of alkyl halides is 2. The Bertz CT molecular complexity index is 378. The number of ether oxygens (including phenoxy) is 2. The van der Waals surface area contributed by atoms with Crippen molar-refractivity contribution in [3.8, 4) is 5.75 Å². The van der Waals surface area contributed by atoms with Crippen molar-refractivity contribution in [3.05, 3.63) is 29.8 Å². The molecule has 2 atom stereocenters. The molecule has 0 spiro atoms. The summed E-state index contributed by atoms with van der Waals surface area (Å²) in [5.74, 6) is 0.186. The number of rotatable bonds is 6. The molecular formula is C14H19F2NO2. The van der Waals surface area contributed by atoms with Crippen LogP contribution < -0.4 is 10.1 Å². The van der Waals surface area contributed by atoms with Gasteiger partial charge in [-0.2, -0.15) is 8.78 Å². The summed E-state index contributed by atoms with van der Waals surface area (Å²) in [6.07, 6.45) is 2.49. The van der Waals surface area contributed by atoms with Crippen molar-refractivity contribution < 1.29 is 18.3 Å². The predicted molar refractivity (Wildman–Crippen MR) is 68.3 cm³/mol. The zero-order valence-electron chi connectivity index (χ0n) is 10.9. The Balaban J connectivity index is 1.79. The minimum Gasteiger partial charge on any atom is -0.435 e. The molecule has 1 N–H and O–H groups in total. The largest absolute Gasteiger partial charge is 0.435 e. The highest BCUT2D eigenvalue weighted by molar-refractivity contribution is 5.27. The van der Waals surface area contributed by atoms with Crippen LogP contribution in [0.3, 0.4) is 0 Å². The van der Waals surface area contributed by atoms with Gasteiger partial charge in [0, 0.05) is 19.2 Å². The average Bonchev–Trinajstić information content (AvgIpc) is 2.91. The number of halogens is 2. The van der Waals surface area contributed by atoms with E-state index < -0.39 is 6.61 Å². The summed E-state index contributed by atoms with van der Waals surface area (Å²) < 4.78 is 33.9. The molecule has 0 radical (unpaired) electrons. The van der Waals surface area contributed by atoms with Crippen molar-refractivity contribution in [2.75, 3.05) is 6.61 Å². The molecule has 0 bridgehead atoms. The van der Waals surface area contributed by atoms with Crippen molar-refractivity contribution >= 4 is 0 Å². The molecule has 1 heterocycles. The average molecular weight is 271 g/mol. The SMILES string of the molecule is CC(NCc1ccc(OC(F)F)cc1)C1CCCO1. The van der Waals surface area contributed by atoms with Gasteiger partial charge in [0.05, 0.1) is 6.10 Å². The van der Waals surface area contributed by atoms with E-state index in [2.05, 4.69) is 17.0 Å². The van der Waals surface area contributed by atoms with E-state index in [0.29, 0.717) is 12.6 Å². The van der Waals surface area contributed by atoms with Crippen LogP contribution in [0.25, 0.3) is 0 Å².